The van der Waals surface area contributed by atoms with E-state index in [2.05, 4.69) is 5.10 Å². The van der Waals surface area contributed by atoms with Gasteiger partial charge in [0, 0.05) is 23.2 Å². The van der Waals surface area contributed by atoms with Crippen LogP contribution in [0, 0.1) is 5.82 Å². The summed E-state index contributed by atoms with van der Waals surface area (Å²) in [7, 11) is 0. The monoisotopic (exact) mass is 278 g/mol. The van der Waals surface area contributed by atoms with Crippen LogP contribution in [-0.2, 0) is 6.54 Å². The van der Waals surface area contributed by atoms with Gasteiger partial charge in [-0.1, -0.05) is 0 Å². The van der Waals surface area contributed by atoms with Crippen LogP contribution in [0.2, 0.25) is 0 Å². The van der Waals surface area contributed by atoms with Crippen LogP contribution in [0.4, 0.5) is 4.39 Å². The number of carbonyl (C=O) groups is 1. The van der Waals surface area contributed by atoms with Crippen LogP contribution in [0.1, 0.15) is 15.9 Å². The molecular weight excluding hydrogens is 267 g/mol. The summed E-state index contributed by atoms with van der Waals surface area (Å²) >= 11 is 5.60. The number of carbonyl (C=O) groups excluding carboxylic acids is 1. The van der Waals surface area contributed by atoms with Crippen molar-refractivity contribution in [3.05, 3.63) is 59.7 Å². The molecule has 0 unspecified atom stereocenters. The molecule has 0 saturated carbocycles. The van der Waals surface area contributed by atoms with E-state index < -0.39 is 0 Å². The molecule has 0 fully saturated rings. The fourth-order valence-corrected chi connectivity index (χ4v) is 1.73. The van der Waals surface area contributed by atoms with Crippen molar-refractivity contribution in [2.24, 2.45) is 0 Å². The number of ketones is 1. The Kier molecular flexibility index (Phi) is 4.47. The maximum Gasteiger partial charge on any atom is 0.185 e. The first kappa shape index (κ1) is 13.5. The normalized spacial score (nSPS) is 11.1. The molecule has 5 heteroatoms. The number of hydrogen-bond acceptors (Lipinski definition) is 2. The van der Waals surface area contributed by atoms with E-state index in [0.717, 1.165) is 5.56 Å². The number of benzene rings is 1. The summed E-state index contributed by atoms with van der Waals surface area (Å²) in [6, 6.07) is 5.44. The van der Waals surface area contributed by atoms with E-state index in [1.54, 1.807) is 23.2 Å². The molecule has 0 N–H and O–H groups in total. The lowest BCUT2D eigenvalue weighted by atomic mass is 10.1. The van der Waals surface area contributed by atoms with Gasteiger partial charge in [0.1, 0.15) is 5.82 Å². The minimum absolute atomic E-state index is 0.176. The molecule has 3 nitrogen and oxygen atoms in total. The van der Waals surface area contributed by atoms with Crippen molar-refractivity contribution >= 4 is 23.5 Å². The zero-order chi connectivity index (χ0) is 13.7. The van der Waals surface area contributed by atoms with Crippen LogP contribution >= 0.6 is 11.6 Å². The predicted octanol–water partition coefficient (Wildman–Crippen LogP) is 3.16. The zero-order valence-corrected chi connectivity index (χ0v) is 10.8. The number of hydrogen-bond donors (Lipinski definition) is 0. The number of alkyl halides is 1. The van der Waals surface area contributed by atoms with Crippen molar-refractivity contribution in [3.63, 3.8) is 0 Å². The molecule has 0 aliphatic heterocycles. The molecule has 1 aromatic carbocycles. The number of nitrogens with zero attached hydrogens (tertiary/aromatic N) is 2. The van der Waals surface area contributed by atoms with Crippen molar-refractivity contribution in [2.45, 2.75) is 6.54 Å². The van der Waals surface area contributed by atoms with E-state index >= 15 is 0 Å². The summed E-state index contributed by atoms with van der Waals surface area (Å²) in [6.07, 6.45) is 6.57. The minimum atomic E-state index is -0.358. The Morgan fingerprint density at radius 2 is 2.11 bits per heavy atom. The van der Waals surface area contributed by atoms with E-state index in [1.807, 2.05) is 0 Å². The molecule has 2 aromatic rings. The molecule has 0 bridgehead atoms. The molecule has 1 aromatic heterocycles. The quantitative estimate of drug-likeness (QED) is 0.478. The van der Waals surface area contributed by atoms with Crippen LogP contribution < -0.4 is 0 Å². The third kappa shape index (κ3) is 3.76. The van der Waals surface area contributed by atoms with Gasteiger partial charge in [0.25, 0.3) is 0 Å². The Morgan fingerprint density at radius 3 is 2.79 bits per heavy atom. The summed E-state index contributed by atoms with van der Waals surface area (Å²) in [5, 5.41) is 4.09. The molecule has 98 valence electrons. The van der Waals surface area contributed by atoms with Gasteiger partial charge < -0.3 is 0 Å². The van der Waals surface area contributed by atoms with E-state index in [9.17, 15) is 9.18 Å². The topological polar surface area (TPSA) is 34.9 Å². The number of allylic oxidation sites excluding steroid dienone is 1. The zero-order valence-electron chi connectivity index (χ0n) is 10.1. The second-order valence-electron chi connectivity index (χ2n) is 3.93. The van der Waals surface area contributed by atoms with Gasteiger partial charge in [-0.15, -0.1) is 11.6 Å². The Bertz CT molecular complexity index is 590. The van der Waals surface area contributed by atoms with Crippen molar-refractivity contribution in [1.29, 1.82) is 0 Å². The third-order valence-corrected chi connectivity index (χ3v) is 2.69. The largest absolute Gasteiger partial charge is 0.289 e. The molecule has 0 aliphatic rings. The van der Waals surface area contributed by atoms with Crippen molar-refractivity contribution in [2.75, 3.05) is 5.88 Å². The summed E-state index contributed by atoms with van der Waals surface area (Å²) in [5.74, 6) is -0.0488. The summed E-state index contributed by atoms with van der Waals surface area (Å²) < 4.78 is 14.4. The van der Waals surface area contributed by atoms with Crippen LogP contribution in [0.25, 0.3) is 6.08 Å². The molecule has 0 atom stereocenters. The van der Waals surface area contributed by atoms with Crippen molar-refractivity contribution < 1.29 is 9.18 Å². The van der Waals surface area contributed by atoms with Crippen LogP contribution in [0.3, 0.4) is 0 Å². The number of rotatable bonds is 5. The number of halogens is 2. The first-order valence-corrected chi connectivity index (χ1v) is 6.29. The fourth-order valence-electron chi connectivity index (χ4n) is 1.56. The first-order valence-electron chi connectivity index (χ1n) is 5.75. The number of aromatic nitrogens is 2. The molecule has 0 saturated heterocycles. The van der Waals surface area contributed by atoms with Crippen LogP contribution in [0.15, 0.2) is 42.7 Å². The first-order chi connectivity index (χ1) is 9.19. The van der Waals surface area contributed by atoms with Gasteiger partial charge >= 0.3 is 0 Å². The van der Waals surface area contributed by atoms with E-state index in [1.165, 1.54) is 30.3 Å². The maximum atomic E-state index is 12.7. The summed E-state index contributed by atoms with van der Waals surface area (Å²) in [5.41, 5.74) is 1.27. The second-order valence-corrected chi connectivity index (χ2v) is 4.31. The maximum absolute atomic E-state index is 12.7. The second kappa shape index (κ2) is 6.29. The Morgan fingerprint density at radius 1 is 1.37 bits per heavy atom. The van der Waals surface area contributed by atoms with Crippen LogP contribution in [0.5, 0.6) is 0 Å². The Balaban J connectivity index is 2.04. The van der Waals surface area contributed by atoms with Gasteiger partial charge in [0.15, 0.2) is 5.78 Å². The lowest BCUT2D eigenvalue weighted by Crippen LogP contribution is -1.98. The molecule has 2 rings (SSSR count). The van der Waals surface area contributed by atoms with Gasteiger partial charge in [-0.3, -0.25) is 9.48 Å². The lowest BCUT2D eigenvalue weighted by molar-refractivity contribution is 0.104. The van der Waals surface area contributed by atoms with Crippen LogP contribution in [-0.4, -0.2) is 21.4 Å². The highest BCUT2D eigenvalue weighted by Gasteiger charge is 2.02. The SMILES string of the molecule is O=C(C=Cc1cnn(CCCl)c1)c1ccc(F)cc1. The average molecular weight is 279 g/mol. The predicted molar refractivity (Wildman–Crippen MR) is 72.7 cm³/mol. The number of aryl methyl sites for hydroxylation is 1. The Hall–Kier alpha value is -1.94. The van der Waals surface area contributed by atoms with Gasteiger partial charge in [-0.2, -0.15) is 5.10 Å². The van der Waals surface area contributed by atoms with Gasteiger partial charge in [0.05, 0.1) is 12.7 Å². The highest BCUT2D eigenvalue weighted by molar-refractivity contribution is 6.17. The average Bonchev–Trinajstić information content (AvgIpc) is 2.85. The highest BCUT2D eigenvalue weighted by Crippen LogP contribution is 2.07. The molecule has 0 spiro atoms. The molecule has 0 aliphatic carbocycles. The molecule has 1 heterocycles. The van der Waals surface area contributed by atoms with Crippen molar-refractivity contribution in [1.82, 2.24) is 9.78 Å². The lowest BCUT2D eigenvalue weighted by Gasteiger charge is -1.95. The smallest absolute Gasteiger partial charge is 0.185 e. The molecule has 19 heavy (non-hydrogen) atoms. The van der Waals surface area contributed by atoms with Crippen molar-refractivity contribution in [3.8, 4) is 0 Å². The van der Waals surface area contributed by atoms with E-state index in [4.69, 9.17) is 11.6 Å². The van der Waals surface area contributed by atoms with Gasteiger partial charge in [0.2, 0.25) is 0 Å². The molecule has 0 amide bonds. The summed E-state index contributed by atoms with van der Waals surface area (Å²) in [6.45, 7) is 0.626. The fraction of sp³-hybridized carbons (Fsp3) is 0.143. The van der Waals surface area contributed by atoms with E-state index in [0.29, 0.717) is 18.0 Å². The standard InChI is InChI=1S/C14H12ClFN2O/c15-7-8-18-10-11(9-17-18)1-6-14(19)12-2-4-13(16)5-3-12/h1-6,9-10H,7-8H2. The van der Waals surface area contributed by atoms with E-state index in [-0.39, 0.29) is 11.6 Å². The third-order valence-electron chi connectivity index (χ3n) is 2.52. The molecular formula is C14H12ClFN2O. The van der Waals surface area contributed by atoms with Gasteiger partial charge in [-0.05, 0) is 36.4 Å². The molecule has 0 radical (unpaired) electrons. The van der Waals surface area contributed by atoms with Gasteiger partial charge in [-0.25, -0.2) is 4.39 Å². The highest BCUT2D eigenvalue weighted by atomic mass is 35.5. The summed E-state index contributed by atoms with van der Waals surface area (Å²) in [4.78, 5) is 11.8. The Labute approximate surface area is 115 Å². The minimum Gasteiger partial charge on any atom is -0.289 e.